The van der Waals surface area contributed by atoms with E-state index in [1.54, 1.807) is 7.05 Å². The Morgan fingerprint density at radius 3 is 2.68 bits per heavy atom. The number of rotatable bonds is 9. The third-order valence-corrected chi connectivity index (χ3v) is 6.56. The number of benzene rings is 1. The van der Waals surface area contributed by atoms with Gasteiger partial charge in [-0.15, -0.1) is 0 Å². The van der Waals surface area contributed by atoms with Gasteiger partial charge in [0, 0.05) is 49.8 Å². The number of aryl methyl sites for hydroxylation is 1. The molecule has 0 amide bonds. The minimum atomic E-state index is -0.551. The van der Waals surface area contributed by atoms with Gasteiger partial charge in [0.15, 0.2) is 5.65 Å². The van der Waals surface area contributed by atoms with Crippen LogP contribution in [-0.4, -0.2) is 34.4 Å². The number of nitrogens with one attached hydrogen (secondary N) is 1. The second-order valence-corrected chi connectivity index (χ2v) is 9.82. The van der Waals surface area contributed by atoms with Crippen LogP contribution in [0.25, 0.3) is 22.2 Å². The first-order chi connectivity index (χ1) is 18.2. The van der Waals surface area contributed by atoms with Gasteiger partial charge in [-0.05, 0) is 42.7 Å². The molecule has 4 rings (SSSR count). The Bertz CT molecular complexity index is 1540. The van der Waals surface area contributed by atoms with Crippen molar-refractivity contribution in [3.05, 3.63) is 74.4 Å². The molecule has 3 aromatic rings. The van der Waals surface area contributed by atoms with Crippen LogP contribution >= 0.6 is 0 Å². The van der Waals surface area contributed by atoms with E-state index in [9.17, 15) is 14.0 Å². The summed E-state index contributed by atoms with van der Waals surface area (Å²) in [6.07, 6.45) is 6.91. The van der Waals surface area contributed by atoms with Crippen LogP contribution in [0.2, 0.25) is 0 Å². The van der Waals surface area contributed by atoms with Gasteiger partial charge in [-0.3, -0.25) is 13.9 Å². The molecular formula is C28H34FN5O4. The van der Waals surface area contributed by atoms with Gasteiger partial charge < -0.3 is 20.5 Å². The predicted molar refractivity (Wildman–Crippen MR) is 147 cm³/mol. The molecule has 3 N–H and O–H groups in total. The smallest absolute Gasteiger partial charge is 0.332 e. The maximum Gasteiger partial charge on any atom is 0.332 e. The number of methoxy groups -OCH3 is 1. The fourth-order valence-electron chi connectivity index (χ4n) is 4.59. The largest absolute Gasteiger partial charge is 0.496 e. The van der Waals surface area contributed by atoms with Crippen molar-refractivity contribution in [2.24, 2.45) is 31.7 Å². The summed E-state index contributed by atoms with van der Waals surface area (Å²) in [7, 11) is 4.41. The van der Waals surface area contributed by atoms with E-state index in [1.807, 2.05) is 6.08 Å². The number of anilines is 1. The summed E-state index contributed by atoms with van der Waals surface area (Å²) < 4.78 is 28.2. The van der Waals surface area contributed by atoms with Crippen LogP contribution in [0.5, 0.6) is 5.75 Å². The minimum absolute atomic E-state index is 0.00935. The van der Waals surface area contributed by atoms with Crippen molar-refractivity contribution in [2.75, 3.05) is 25.6 Å². The number of ether oxygens (including phenoxy) is 2. The summed E-state index contributed by atoms with van der Waals surface area (Å²) in [5.41, 5.74) is 6.57. The van der Waals surface area contributed by atoms with Gasteiger partial charge in [0.2, 0.25) is 0 Å². The Kier molecular flexibility index (Phi) is 8.01. The molecule has 0 saturated heterocycles. The second kappa shape index (κ2) is 11.2. The SMILES string of the molecule is COc1ccc(F)cc1-c1c(CN)c(NCC2C=C(OCC(C)C)C=CC2)nc2c1c(=O)n(C)c(=O)n2C. The summed E-state index contributed by atoms with van der Waals surface area (Å²) in [4.78, 5) is 30.9. The van der Waals surface area contributed by atoms with Crippen LogP contribution in [0.1, 0.15) is 25.8 Å². The van der Waals surface area contributed by atoms with Gasteiger partial charge in [0.1, 0.15) is 23.1 Å². The van der Waals surface area contributed by atoms with Crippen LogP contribution in [-0.2, 0) is 25.4 Å². The highest BCUT2D eigenvalue weighted by atomic mass is 19.1. The molecule has 0 bridgehead atoms. The van der Waals surface area contributed by atoms with E-state index in [4.69, 9.17) is 15.2 Å². The van der Waals surface area contributed by atoms with Crippen molar-refractivity contribution in [2.45, 2.75) is 26.8 Å². The third-order valence-electron chi connectivity index (χ3n) is 6.56. The molecule has 0 radical (unpaired) electrons. The maximum absolute atomic E-state index is 14.5. The highest BCUT2D eigenvalue weighted by Crippen LogP contribution is 2.39. The standard InChI is InChI=1S/C28H34FN5O4/c1-16(2)15-38-19-8-6-7-17(11-19)14-31-25-21(13-30)23(20-12-18(29)9-10-22(20)37-5)24-26(32-25)33(3)28(36)34(4)27(24)35/h6,8-12,16-17H,7,13-15,30H2,1-5H3,(H,31,32). The molecule has 1 aromatic carbocycles. The van der Waals surface area contributed by atoms with Crippen molar-refractivity contribution < 1.29 is 13.9 Å². The number of nitrogens with two attached hydrogens (primary N) is 1. The summed E-state index contributed by atoms with van der Waals surface area (Å²) in [6, 6.07) is 4.07. The van der Waals surface area contributed by atoms with Crippen molar-refractivity contribution in [3.63, 3.8) is 0 Å². The Labute approximate surface area is 220 Å². The Hall–Kier alpha value is -3.92. The lowest BCUT2D eigenvalue weighted by Crippen LogP contribution is -2.38. The van der Waals surface area contributed by atoms with Gasteiger partial charge in [-0.25, -0.2) is 14.2 Å². The maximum atomic E-state index is 14.5. The van der Waals surface area contributed by atoms with E-state index in [2.05, 4.69) is 36.3 Å². The summed E-state index contributed by atoms with van der Waals surface area (Å²) in [5.74, 6) is 1.62. The average molecular weight is 524 g/mol. The van der Waals surface area contributed by atoms with Gasteiger partial charge in [-0.2, -0.15) is 0 Å². The summed E-state index contributed by atoms with van der Waals surface area (Å²) in [6.45, 7) is 5.33. The molecule has 1 aliphatic carbocycles. The molecule has 9 nitrogen and oxygen atoms in total. The monoisotopic (exact) mass is 523 g/mol. The van der Waals surface area contributed by atoms with E-state index in [0.29, 0.717) is 47.3 Å². The first kappa shape index (κ1) is 27.1. The zero-order valence-corrected chi connectivity index (χ0v) is 22.4. The zero-order valence-electron chi connectivity index (χ0n) is 22.4. The molecule has 2 aromatic heterocycles. The molecule has 0 saturated carbocycles. The molecule has 0 aliphatic heterocycles. The van der Waals surface area contributed by atoms with Crippen molar-refractivity contribution in [1.82, 2.24) is 14.1 Å². The predicted octanol–water partition coefficient (Wildman–Crippen LogP) is 3.45. The number of allylic oxidation sites excluding steroid dienone is 2. The van der Waals surface area contributed by atoms with Crippen LogP contribution in [0.15, 0.2) is 51.8 Å². The fourth-order valence-corrected chi connectivity index (χ4v) is 4.59. The molecule has 38 heavy (non-hydrogen) atoms. The van der Waals surface area contributed by atoms with E-state index in [0.717, 1.165) is 16.7 Å². The number of nitrogens with zero attached hydrogens (tertiary/aromatic N) is 3. The number of pyridine rings is 1. The van der Waals surface area contributed by atoms with Crippen LogP contribution < -0.4 is 27.0 Å². The average Bonchev–Trinajstić information content (AvgIpc) is 2.91. The third kappa shape index (κ3) is 5.22. The minimum Gasteiger partial charge on any atom is -0.496 e. The molecule has 0 fully saturated rings. The van der Waals surface area contributed by atoms with Crippen LogP contribution in [0.3, 0.4) is 0 Å². The molecule has 1 unspecified atom stereocenters. The lowest BCUT2D eigenvalue weighted by Gasteiger charge is -2.22. The number of halogens is 1. The quantitative estimate of drug-likeness (QED) is 0.442. The first-order valence-electron chi connectivity index (χ1n) is 12.6. The highest BCUT2D eigenvalue weighted by Gasteiger charge is 2.24. The van der Waals surface area contributed by atoms with Gasteiger partial charge in [-0.1, -0.05) is 19.9 Å². The summed E-state index contributed by atoms with van der Waals surface area (Å²) >= 11 is 0. The van der Waals surface area contributed by atoms with Gasteiger partial charge >= 0.3 is 5.69 Å². The number of aromatic nitrogens is 3. The van der Waals surface area contributed by atoms with Crippen LogP contribution in [0, 0.1) is 17.7 Å². The van der Waals surface area contributed by atoms with Crippen LogP contribution in [0.4, 0.5) is 10.2 Å². The van der Waals surface area contributed by atoms with E-state index >= 15 is 0 Å². The number of hydrogen-bond acceptors (Lipinski definition) is 7. The second-order valence-electron chi connectivity index (χ2n) is 9.82. The van der Waals surface area contributed by atoms with Crippen molar-refractivity contribution >= 4 is 16.9 Å². The van der Waals surface area contributed by atoms with Crippen molar-refractivity contribution in [1.29, 1.82) is 0 Å². The molecule has 2 heterocycles. The Balaban J connectivity index is 1.88. The Morgan fingerprint density at radius 1 is 1.24 bits per heavy atom. The van der Waals surface area contributed by atoms with Gasteiger partial charge in [0.05, 0.1) is 19.1 Å². The topological polar surface area (TPSA) is 113 Å². The molecule has 0 spiro atoms. The van der Waals surface area contributed by atoms with Crippen molar-refractivity contribution in [3.8, 4) is 16.9 Å². The number of fused-ring (bicyclic) bond motifs is 1. The fraction of sp³-hybridized carbons (Fsp3) is 0.393. The molecule has 1 atom stereocenters. The Morgan fingerprint density at radius 2 is 2.00 bits per heavy atom. The van der Waals surface area contributed by atoms with E-state index < -0.39 is 17.1 Å². The summed E-state index contributed by atoms with van der Waals surface area (Å²) in [5, 5.41) is 3.53. The molecule has 202 valence electrons. The lowest BCUT2D eigenvalue weighted by atomic mass is 9.95. The normalized spacial score (nSPS) is 15.2. The number of hydrogen-bond donors (Lipinski definition) is 2. The molecular weight excluding hydrogens is 489 g/mol. The zero-order chi connectivity index (χ0) is 27.6. The first-order valence-corrected chi connectivity index (χ1v) is 12.6. The lowest BCUT2D eigenvalue weighted by molar-refractivity contribution is 0.186. The van der Waals surface area contributed by atoms with E-state index in [-0.39, 0.29) is 23.5 Å². The highest BCUT2D eigenvalue weighted by molar-refractivity contribution is 5.98. The molecule has 10 heteroatoms. The molecule has 1 aliphatic rings. The van der Waals surface area contributed by atoms with E-state index in [1.165, 1.54) is 36.9 Å². The van der Waals surface area contributed by atoms with Gasteiger partial charge in [0.25, 0.3) is 5.56 Å².